The van der Waals surface area contributed by atoms with Crippen molar-refractivity contribution in [2.45, 2.75) is 0 Å². The molecule has 1 saturated heterocycles. The fourth-order valence-corrected chi connectivity index (χ4v) is 2.36. The van der Waals surface area contributed by atoms with Crippen molar-refractivity contribution in [3.8, 4) is 0 Å². The maximum atomic E-state index is 12.3. The maximum Gasteiger partial charge on any atom is 0.274 e. The Labute approximate surface area is 127 Å². The first-order valence-electron chi connectivity index (χ1n) is 7.00. The minimum atomic E-state index is -0.151. The van der Waals surface area contributed by atoms with Gasteiger partial charge in [-0.2, -0.15) is 0 Å². The highest BCUT2D eigenvalue weighted by Gasteiger charge is 2.26. The van der Waals surface area contributed by atoms with Crippen LogP contribution < -0.4 is 0 Å². The lowest BCUT2D eigenvalue weighted by Gasteiger charge is -2.34. The van der Waals surface area contributed by atoms with Crippen LogP contribution in [0.3, 0.4) is 0 Å². The Morgan fingerprint density at radius 2 is 1.55 bits per heavy atom. The predicted octanol–water partition coefficient (Wildman–Crippen LogP) is 0.470. The molecule has 0 bridgehead atoms. The summed E-state index contributed by atoms with van der Waals surface area (Å²) in [6.07, 6.45) is 7.67. The van der Waals surface area contributed by atoms with Crippen molar-refractivity contribution in [3.63, 3.8) is 0 Å². The number of amides is 2. The van der Waals surface area contributed by atoms with E-state index in [0.717, 1.165) is 0 Å². The molecule has 0 atom stereocenters. The lowest BCUT2D eigenvalue weighted by Crippen LogP contribution is -2.50. The molecule has 2 aromatic rings. The van der Waals surface area contributed by atoms with Gasteiger partial charge >= 0.3 is 0 Å². The van der Waals surface area contributed by atoms with E-state index in [1.54, 1.807) is 34.3 Å². The van der Waals surface area contributed by atoms with E-state index in [-0.39, 0.29) is 11.8 Å². The molecule has 7 nitrogen and oxygen atoms in total. The number of pyridine rings is 1. The Kier molecular flexibility index (Phi) is 4.04. The molecule has 0 spiro atoms. The number of carbonyl (C=O) groups is 2. The zero-order chi connectivity index (χ0) is 15.4. The van der Waals surface area contributed by atoms with E-state index in [1.165, 1.54) is 18.6 Å². The first-order chi connectivity index (χ1) is 10.8. The van der Waals surface area contributed by atoms with Gasteiger partial charge in [-0.1, -0.05) is 0 Å². The second kappa shape index (κ2) is 6.30. The standard InChI is InChI=1S/C15H15N5O2/c21-14(12-2-1-3-16-10-12)19-6-8-20(9-7-19)15(22)13-11-17-4-5-18-13/h1-5,10-11H,6-9H2. The van der Waals surface area contributed by atoms with Gasteiger partial charge in [0.2, 0.25) is 0 Å². The summed E-state index contributed by atoms with van der Waals surface area (Å²) >= 11 is 0. The van der Waals surface area contributed by atoms with Crippen LogP contribution in [-0.2, 0) is 0 Å². The Balaban J connectivity index is 1.61. The van der Waals surface area contributed by atoms with Crippen LogP contribution in [-0.4, -0.2) is 62.7 Å². The molecule has 0 N–H and O–H groups in total. The van der Waals surface area contributed by atoms with Gasteiger partial charge in [0.25, 0.3) is 11.8 Å². The third kappa shape index (κ3) is 2.93. The van der Waals surface area contributed by atoms with E-state index in [4.69, 9.17) is 0 Å². The number of hydrogen-bond donors (Lipinski definition) is 0. The summed E-state index contributed by atoms with van der Waals surface area (Å²) in [6.45, 7) is 1.97. The van der Waals surface area contributed by atoms with Crippen molar-refractivity contribution < 1.29 is 9.59 Å². The number of nitrogens with zero attached hydrogens (tertiary/aromatic N) is 5. The normalized spacial score (nSPS) is 14.7. The van der Waals surface area contributed by atoms with E-state index in [0.29, 0.717) is 37.4 Å². The summed E-state index contributed by atoms with van der Waals surface area (Å²) in [5, 5.41) is 0. The minimum Gasteiger partial charge on any atom is -0.335 e. The van der Waals surface area contributed by atoms with Gasteiger partial charge in [0.05, 0.1) is 11.8 Å². The predicted molar refractivity (Wildman–Crippen MR) is 78.1 cm³/mol. The summed E-state index contributed by atoms with van der Waals surface area (Å²) in [5.74, 6) is -0.207. The lowest BCUT2D eigenvalue weighted by molar-refractivity contribution is 0.0532. The van der Waals surface area contributed by atoms with Crippen LogP contribution in [0.2, 0.25) is 0 Å². The lowest BCUT2D eigenvalue weighted by atomic mass is 10.2. The molecule has 3 heterocycles. The summed E-state index contributed by atoms with van der Waals surface area (Å²) in [4.78, 5) is 39.9. The van der Waals surface area contributed by atoms with Crippen LogP contribution in [0.25, 0.3) is 0 Å². The summed E-state index contributed by atoms with van der Waals surface area (Å²) in [7, 11) is 0. The number of hydrogen-bond acceptors (Lipinski definition) is 5. The molecular weight excluding hydrogens is 282 g/mol. The molecule has 0 aromatic carbocycles. The SMILES string of the molecule is O=C(c1cccnc1)N1CCN(C(=O)c2cnccn2)CC1. The van der Waals surface area contributed by atoms with Crippen molar-refractivity contribution >= 4 is 11.8 Å². The number of piperazine rings is 1. The molecule has 7 heteroatoms. The highest BCUT2D eigenvalue weighted by Crippen LogP contribution is 2.10. The molecule has 2 amide bonds. The van der Waals surface area contributed by atoms with Crippen LogP contribution in [0.4, 0.5) is 0 Å². The quantitative estimate of drug-likeness (QED) is 0.805. The smallest absolute Gasteiger partial charge is 0.274 e. The molecule has 0 radical (unpaired) electrons. The van der Waals surface area contributed by atoms with Crippen molar-refractivity contribution in [1.82, 2.24) is 24.8 Å². The van der Waals surface area contributed by atoms with Crippen molar-refractivity contribution in [1.29, 1.82) is 0 Å². The van der Waals surface area contributed by atoms with Gasteiger partial charge in [0, 0.05) is 51.0 Å². The minimum absolute atomic E-state index is 0.0558. The first-order valence-corrected chi connectivity index (χ1v) is 7.00. The summed E-state index contributed by atoms with van der Waals surface area (Å²) in [5.41, 5.74) is 0.894. The van der Waals surface area contributed by atoms with Gasteiger partial charge in [-0.3, -0.25) is 19.6 Å². The van der Waals surface area contributed by atoms with Gasteiger partial charge in [0.1, 0.15) is 5.69 Å². The topological polar surface area (TPSA) is 79.3 Å². The van der Waals surface area contributed by atoms with E-state index >= 15 is 0 Å². The molecule has 3 rings (SSSR count). The third-order valence-electron chi connectivity index (χ3n) is 3.54. The van der Waals surface area contributed by atoms with E-state index in [1.807, 2.05) is 0 Å². The molecule has 0 saturated carbocycles. The Bertz CT molecular complexity index is 595. The average Bonchev–Trinajstić information content (AvgIpc) is 2.62. The zero-order valence-corrected chi connectivity index (χ0v) is 11.9. The van der Waals surface area contributed by atoms with Gasteiger partial charge in [-0.05, 0) is 12.1 Å². The monoisotopic (exact) mass is 297 g/mol. The van der Waals surface area contributed by atoms with Gasteiger partial charge in [-0.25, -0.2) is 4.98 Å². The highest BCUT2D eigenvalue weighted by molar-refractivity contribution is 5.94. The molecule has 0 aliphatic carbocycles. The van der Waals surface area contributed by atoms with Gasteiger partial charge in [0.15, 0.2) is 0 Å². The number of aromatic nitrogens is 3. The maximum absolute atomic E-state index is 12.3. The average molecular weight is 297 g/mol. The van der Waals surface area contributed by atoms with Gasteiger partial charge in [-0.15, -0.1) is 0 Å². The van der Waals surface area contributed by atoms with Crippen LogP contribution in [0.5, 0.6) is 0 Å². The Morgan fingerprint density at radius 3 is 2.14 bits per heavy atom. The summed E-state index contributed by atoms with van der Waals surface area (Å²) in [6, 6.07) is 3.48. The van der Waals surface area contributed by atoms with E-state index in [9.17, 15) is 9.59 Å². The molecule has 22 heavy (non-hydrogen) atoms. The Hall–Kier alpha value is -2.83. The van der Waals surface area contributed by atoms with Crippen LogP contribution in [0.15, 0.2) is 43.1 Å². The second-order valence-electron chi connectivity index (χ2n) is 4.92. The van der Waals surface area contributed by atoms with Crippen molar-refractivity contribution in [2.24, 2.45) is 0 Å². The van der Waals surface area contributed by atoms with Crippen LogP contribution >= 0.6 is 0 Å². The molecule has 112 valence electrons. The van der Waals surface area contributed by atoms with Crippen LogP contribution in [0.1, 0.15) is 20.8 Å². The number of carbonyl (C=O) groups excluding carboxylic acids is 2. The van der Waals surface area contributed by atoms with Crippen molar-refractivity contribution in [2.75, 3.05) is 26.2 Å². The van der Waals surface area contributed by atoms with E-state index < -0.39 is 0 Å². The molecule has 1 fully saturated rings. The first kappa shape index (κ1) is 14.1. The fraction of sp³-hybridized carbons (Fsp3) is 0.267. The van der Waals surface area contributed by atoms with Gasteiger partial charge < -0.3 is 9.80 Å². The Morgan fingerprint density at radius 1 is 0.864 bits per heavy atom. The zero-order valence-electron chi connectivity index (χ0n) is 11.9. The summed E-state index contributed by atoms with van der Waals surface area (Å²) < 4.78 is 0. The van der Waals surface area contributed by atoms with E-state index in [2.05, 4.69) is 15.0 Å². The van der Waals surface area contributed by atoms with Crippen LogP contribution in [0, 0.1) is 0 Å². The molecular formula is C15H15N5O2. The molecule has 2 aromatic heterocycles. The number of rotatable bonds is 2. The molecule has 1 aliphatic rings. The highest BCUT2D eigenvalue weighted by atomic mass is 16.2. The molecule has 1 aliphatic heterocycles. The van der Waals surface area contributed by atoms with Crippen molar-refractivity contribution in [3.05, 3.63) is 54.4 Å². The second-order valence-corrected chi connectivity index (χ2v) is 4.92. The third-order valence-corrected chi connectivity index (χ3v) is 3.54. The largest absolute Gasteiger partial charge is 0.335 e. The fourth-order valence-electron chi connectivity index (χ4n) is 2.36. The molecule has 0 unspecified atom stereocenters.